The van der Waals surface area contributed by atoms with E-state index in [1.165, 1.54) is 12.1 Å². The number of ether oxygens (including phenoxy) is 3. The maximum atomic E-state index is 13.4. The summed E-state index contributed by atoms with van der Waals surface area (Å²) >= 11 is 0. The molecule has 0 aliphatic carbocycles. The quantitative estimate of drug-likeness (QED) is 0.596. The predicted molar refractivity (Wildman–Crippen MR) is 110 cm³/mol. The zero-order chi connectivity index (χ0) is 22.8. The number of hydrogen-bond acceptors (Lipinski definition) is 6. The molecule has 0 saturated heterocycles. The van der Waals surface area contributed by atoms with Gasteiger partial charge in [0.25, 0.3) is 0 Å². The van der Waals surface area contributed by atoms with Crippen LogP contribution in [0.2, 0.25) is 0 Å². The second-order valence-corrected chi connectivity index (χ2v) is 6.43. The molecule has 3 N–H and O–H groups in total. The lowest BCUT2D eigenvalue weighted by molar-refractivity contribution is -0.134. The van der Waals surface area contributed by atoms with Gasteiger partial charge in [0, 0.05) is 30.3 Å². The van der Waals surface area contributed by atoms with Gasteiger partial charge < -0.3 is 29.7 Å². The van der Waals surface area contributed by atoms with Gasteiger partial charge in [-0.2, -0.15) is 0 Å². The molecule has 3 rings (SSSR count). The molecule has 1 unspecified atom stereocenters. The Hall–Kier alpha value is -3.59. The lowest BCUT2D eigenvalue weighted by Gasteiger charge is -2.21. The summed E-state index contributed by atoms with van der Waals surface area (Å²) in [4.78, 5) is 19.1. The van der Waals surface area contributed by atoms with Crippen LogP contribution in [-0.2, 0) is 16.0 Å². The molecule has 2 aromatic rings. The molecule has 8 nitrogen and oxygen atoms in total. The smallest absolute Gasteiger partial charge is 0.328 e. The Labute approximate surface area is 178 Å². The molecule has 31 heavy (non-hydrogen) atoms. The molecule has 0 amide bonds. The van der Waals surface area contributed by atoms with Crippen LogP contribution in [0.15, 0.2) is 48.6 Å². The van der Waals surface area contributed by atoms with Crippen molar-refractivity contribution in [2.24, 2.45) is 0 Å². The van der Waals surface area contributed by atoms with Gasteiger partial charge in [-0.15, -0.1) is 0 Å². The second kappa shape index (κ2) is 11.6. The van der Waals surface area contributed by atoms with Gasteiger partial charge in [-0.05, 0) is 42.8 Å². The van der Waals surface area contributed by atoms with Crippen molar-refractivity contribution in [2.75, 3.05) is 27.3 Å². The zero-order valence-electron chi connectivity index (χ0n) is 17.1. The van der Waals surface area contributed by atoms with Crippen LogP contribution < -0.4 is 19.5 Å². The Morgan fingerprint density at radius 3 is 2.29 bits per heavy atom. The third-order valence-corrected chi connectivity index (χ3v) is 4.34. The van der Waals surface area contributed by atoms with Crippen LogP contribution in [0.4, 0.5) is 4.39 Å². The number of nitrogens with one attached hydrogen (secondary N) is 1. The molecular formula is C22H24FNO7. The minimum Gasteiger partial charge on any atom is -0.493 e. The molecule has 1 aliphatic heterocycles. The minimum absolute atomic E-state index is 0.214. The van der Waals surface area contributed by atoms with Gasteiger partial charge in [-0.3, -0.25) is 0 Å². The van der Waals surface area contributed by atoms with Gasteiger partial charge in [0.1, 0.15) is 17.7 Å². The van der Waals surface area contributed by atoms with Crippen molar-refractivity contribution in [2.45, 2.75) is 12.5 Å². The van der Waals surface area contributed by atoms with E-state index in [0.717, 1.165) is 24.1 Å². The van der Waals surface area contributed by atoms with Crippen molar-refractivity contribution in [1.29, 1.82) is 0 Å². The SMILES string of the molecule is COc1cc2c(cc1OC)C(Oc1cccc(F)c1)CNCC2.O=C(O)/C=C\C(=O)O. The topological polar surface area (TPSA) is 114 Å². The van der Waals surface area contributed by atoms with Crippen LogP contribution in [-0.4, -0.2) is 49.5 Å². The van der Waals surface area contributed by atoms with Gasteiger partial charge in [0.05, 0.1) is 14.2 Å². The summed E-state index contributed by atoms with van der Waals surface area (Å²) in [6.07, 6.45) is 1.78. The summed E-state index contributed by atoms with van der Waals surface area (Å²) in [5.74, 6) is -0.936. The van der Waals surface area contributed by atoms with Crippen LogP contribution in [0.25, 0.3) is 0 Å². The molecule has 166 valence electrons. The standard InChI is InChI=1S/C18H20FNO3.C4H4O4/c1-21-16-8-12-6-7-20-11-18(15(12)10-17(16)22-2)23-14-5-3-4-13(19)9-14;5-3(6)1-2-4(7)8/h3-5,8-10,18,20H,6-7,11H2,1-2H3;1-2H,(H,5,6)(H,7,8)/b;2-1-. The fourth-order valence-corrected chi connectivity index (χ4v) is 2.97. The summed E-state index contributed by atoms with van der Waals surface area (Å²) in [6, 6.07) is 10.1. The third-order valence-electron chi connectivity index (χ3n) is 4.34. The average Bonchev–Trinajstić information content (AvgIpc) is 2.93. The number of carboxylic acids is 2. The maximum Gasteiger partial charge on any atom is 0.328 e. The van der Waals surface area contributed by atoms with E-state index in [0.29, 0.717) is 35.9 Å². The van der Waals surface area contributed by atoms with Crippen molar-refractivity contribution in [3.8, 4) is 17.2 Å². The van der Waals surface area contributed by atoms with Gasteiger partial charge in [0.2, 0.25) is 0 Å². The first kappa shape index (κ1) is 23.7. The summed E-state index contributed by atoms with van der Waals surface area (Å²) in [5.41, 5.74) is 2.19. The van der Waals surface area contributed by atoms with Gasteiger partial charge in [0.15, 0.2) is 11.5 Å². The first-order valence-electron chi connectivity index (χ1n) is 9.35. The number of aliphatic carboxylic acids is 2. The van der Waals surface area contributed by atoms with Gasteiger partial charge in [-0.1, -0.05) is 6.07 Å². The van der Waals surface area contributed by atoms with E-state index in [4.69, 9.17) is 24.4 Å². The number of methoxy groups -OCH3 is 2. The van der Waals surface area contributed by atoms with E-state index in [1.54, 1.807) is 26.4 Å². The molecule has 0 radical (unpaired) electrons. The lowest BCUT2D eigenvalue weighted by Crippen LogP contribution is -2.23. The number of carboxylic acid groups (broad SMARTS) is 2. The first-order chi connectivity index (χ1) is 14.8. The number of rotatable bonds is 6. The van der Waals surface area contributed by atoms with Crippen molar-refractivity contribution < 1.29 is 38.4 Å². The molecular weight excluding hydrogens is 409 g/mol. The molecule has 2 aromatic carbocycles. The van der Waals surface area contributed by atoms with Crippen LogP contribution in [0, 0.1) is 5.82 Å². The van der Waals surface area contributed by atoms with Crippen molar-refractivity contribution in [3.05, 3.63) is 65.5 Å². The number of halogens is 1. The lowest BCUT2D eigenvalue weighted by atomic mass is 10.00. The van der Waals surface area contributed by atoms with E-state index in [2.05, 4.69) is 5.32 Å². The number of carbonyl (C=O) groups is 2. The molecule has 9 heteroatoms. The normalized spacial score (nSPS) is 15.1. The molecule has 0 fully saturated rings. The van der Waals surface area contributed by atoms with Crippen LogP contribution in [0.1, 0.15) is 17.2 Å². The first-order valence-corrected chi connectivity index (χ1v) is 9.35. The molecule has 0 spiro atoms. The highest BCUT2D eigenvalue weighted by molar-refractivity contribution is 5.89. The molecule has 0 aromatic heterocycles. The predicted octanol–water partition coefficient (Wildman–Crippen LogP) is 2.82. The van der Waals surface area contributed by atoms with Gasteiger partial charge in [-0.25, -0.2) is 14.0 Å². The molecule has 0 bridgehead atoms. The fraction of sp³-hybridized carbons (Fsp3) is 0.273. The van der Waals surface area contributed by atoms with Crippen molar-refractivity contribution in [3.63, 3.8) is 0 Å². The number of hydrogen-bond donors (Lipinski definition) is 3. The maximum absolute atomic E-state index is 13.4. The third kappa shape index (κ3) is 7.31. The molecule has 1 aliphatic rings. The number of benzene rings is 2. The summed E-state index contributed by atoms with van der Waals surface area (Å²) in [6.45, 7) is 1.50. The highest BCUT2D eigenvalue weighted by Crippen LogP contribution is 2.36. The van der Waals surface area contributed by atoms with E-state index in [9.17, 15) is 14.0 Å². The molecule has 0 saturated carbocycles. The average molecular weight is 433 g/mol. The zero-order valence-corrected chi connectivity index (χ0v) is 17.1. The van der Waals surface area contributed by atoms with E-state index in [-0.39, 0.29) is 11.9 Å². The van der Waals surface area contributed by atoms with E-state index < -0.39 is 11.9 Å². The van der Waals surface area contributed by atoms with Crippen LogP contribution >= 0.6 is 0 Å². The Balaban J connectivity index is 0.000000366. The summed E-state index contributed by atoms with van der Waals surface area (Å²) in [5, 5.41) is 19.0. The highest BCUT2D eigenvalue weighted by Gasteiger charge is 2.23. The second-order valence-electron chi connectivity index (χ2n) is 6.43. The summed E-state index contributed by atoms with van der Waals surface area (Å²) in [7, 11) is 3.24. The molecule has 1 heterocycles. The van der Waals surface area contributed by atoms with Crippen molar-refractivity contribution >= 4 is 11.9 Å². The molecule has 1 atom stereocenters. The number of fused-ring (bicyclic) bond motifs is 1. The monoisotopic (exact) mass is 433 g/mol. The Kier molecular flexibility index (Phi) is 8.83. The minimum atomic E-state index is -1.26. The Morgan fingerprint density at radius 2 is 1.71 bits per heavy atom. The van der Waals surface area contributed by atoms with Gasteiger partial charge >= 0.3 is 11.9 Å². The van der Waals surface area contributed by atoms with E-state index in [1.807, 2.05) is 12.1 Å². The summed E-state index contributed by atoms with van der Waals surface area (Å²) < 4.78 is 30.2. The largest absolute Gasteiger partial charge is 0.493 e. The van der Waals surface area contributed by atoms with Crippen LogP contribution in [0.5, 0.6) is 17.2 Å². The van der Waals surface area contributed by atoms with E-state index >= 15 is 0 Å². The van der Waals surface area contributed by atoms with Crippen molar-refractivity contribution in [1.82, 2.24) is 5.32 Å². The fourth-order valence-electron chi connectivity index (χ4n) is 2.97. The van der Waals surface area contributed by atoms with Crippen LogP contribution in [0.3, 0.4) is 0 Å². The highest BCUT2D eigenvalue weighted by atomic mass is 19.1. The Bertz CT molecular complexity index is 929. The Morgan fingerprint density at radius 1 is 1.06 bits per heavy atom.